The van der Waals surface area contributed by atoms with Crippen LogP contribution >= 0.6 is 0 Å². The summed E-state index contributed by atoms with van der Waals surface area (Å²) in [6.45, 7) is 4.18. The van der Waals surface area contributed by atoms with Crippen LogP contribution in [0.4, 0.5) is 10.5 Å². The molecule has 0 unspecified atom stereocenters. The van der Waals surface area contributed by atoms with E-state index in [1.165, 1.54) is 0 Å². The van der Waals surface area contributed by atoms with Crippen molar-refractivity contribution in [3.63, 3.8) is 0 Å². The lowest BCUT2D eigenvalue weighted by atomic mass is 10.2. The third kappa shape index (κ3) is 6.43. The van der Waals surface area contributed by atoms with E-state index in [2.05, 4.69) is 16.0 Å². The summed E-state index contributed by atoms with van der Waals surface area (Å²) in [5.74, 6) is -0.0869. The molecular weight excluding hydrogens is 268 g/mol. The predicted octanol–water partition coefficient (Wildman–Crippen LogP) is 1.98. The van der Waals surface area contributed by atoms with Crippen LogP contribution in [0.1, 0.15) is 32.3 Å². The number of carbonyl (C=O) groups is 2. The van der Waals surface area contributed by atoms with E-state index in [-0.39, 0.29) is 24.9 Å². The molecule has 0 aliphatic heterocycles. The minimum atomic E-state index is -0.401. The van der Waals surface area contributed by atoms with Gasteiger partial charge < -0.3 is 16.0 Å². The van der Waals surface area contributed by atoms with Crippen LogP contribution in [-0.4, -0.2) is 24.5 Å². The molecule has 0 heterocycles. The summed E-state index contributed by atoms with van der Waals surface area (Å²) in [5.41, 5.74) is 1.01. The van der Waals surface area contributed by atoms with Crippen molar-refractivity contribution in [3.05, 3.63) is 29.8 Å². The Bertz CT molecular complexity index is 537. The first-order chi connectivity index (χ1) is 10.0. The van der Waals surface area contributed by atoms with E-state index in [4.69, 9.17) is 5.26 Å². The van der Waals surface area contributed by atoms with E-state index in [0.717, 1.165) is 6.42 Å². The Hall–Kier alpha value is -2.55. The van der Waals surface area contributed by atoms with Crippen molar-refractivity contribution < 1.29 is 9.59 Å². The van der Waals surface area contributed by atoms with Crippen LogP contribution in [0.3, 0.4) is 0 Å². The van der Waals surface area contributed by atoms with E-state index in [1.807, 2.05) is 19.9 Å². The average Bonchev–Trinajstić information content (AvgIpc) is 2.47. The van der Waals surface area contributed by atoms with Crippen molar-refractivity contribution in [2.75, 3.05) is 11.9 Å². The number of benzene rings is 1. The van der Waals surface area contributed by atoms with Crippen LogP contribution in [-0.2, 0) is 4.79 Å². The summed E-state index contributed by atoms with van der Waals surface area (Å²) in [4.78, 5) is 23.2. The molecule has 0 aliphatic carbocycles. The maximum atomic E-state index is 11.6. The number of nitrogens with zero attached hydrogens (tertiary/aromatic N) is 1. The number of hydrogen-bond donors (Lipinski definition) is 3. The molecule has 0 saturated carbocycles. The smallest absolute Gasteiger partial charge is 0.319 e. The molecule has 0 spiro atoms. The zero-order valence-electron chi connectivity index (χ0n) is 12.3. The molecule has 1 aromatic carbocycles. The summed E-state index contributed by atoms with van der Waals surface area (Å²) in [7, 11) is 0. The van der Waals surface area contributed by atoms with E-state index in [1.54, 1.807) is 24.3 Å². The Morgan fingerprint density at radius 3 is 2.81 bits per heavy atom. The first-order valence-corrected chi connectivity index (χ1v) is 6.89. The van der Waals surface area contributed by atoms with Gasteiger partial charge in [0.25, 0.3) is 0 Å². The van der Waals surface area contributed by atoms with Gasteiger partial charge in [0, 0.05) is 24.7 Å². The van der Waals surface area contributed by atoms with Crippen molar-refractivity contribution >= 4 is 17.6 Å². The molecule has 6 heteroatoms. The van der Waals surface area contributed by atoms with Crippen molar-refractivity contribution in [3.8, 4) is 6.07 Å². The van der Waals surface area contributed by atoms with Crippen LogP contribution < -0.4 is 16.0 Å². The van der Waals surface area contributed by atoms with Crippen molar-refractivity contribution in [2.45, 2.75) is 32.7 Å². The highest BCUT2D eigenvalue weighted by Crippen LogP contribution is 2.09. The van der Waals surface area contributed by atoms with Gasteiger partial charge in [-0.15, -0.1) is 0 Å². The van der Waals surface area contributed by atoms with Gasteiger partial charge >= 0.3 is 6.03 Å². The van der Waals surface area contributed by atoms with Crippen molar-refractivity contribution in [2.24, 2.45) is 0 Å². The van der Waals surface area contributed by atoms with Crippen molar-refractivity contribution in [1.29, 1.82) is 5.26 Å². The molecule has 1 atom stereocenters. The highest BCUT2D eigenvalue weighted by molar-refractivity contribution is 5.89. The number of amides is 3. The molecule has 0 fully saturated rings. The fraction of sp³-hybridized carbons (Fsp3) is 0.400. The molecular formula is C15H20N4O2. The number of hydrogen-bond acceptors (Lipinski definition) is 3. The Morgan fingerprint density at radius 2 is 2.14 bits per heavy atom. The second kappa shape index (κ2) is 8.59. The van der Waals surface area contributed by atoms with Gasteiger partial charge in [0.05, 0.1) is 11.6 Å². The number of anilines is 1. The third-order valence-corrected chi connectivity index (χ3v) is 2.91. The molecule has 21 heavy (non-hydrogen) atoms. The molecule has 3 amide bonds. The van der Waals surface area contributed by atoms with Crippen LogP contribution in [0.2, 0.25) is 0 Å². The summed E-state index contributed by atoms with van der Waals surface area (Å²) >= 11 is 0. The Labute approximate surface area is 124 Å². The van der Waals surface area contributed by atoms with Crippen LogP contribution in [0.5, 0.6) is 0 Å². The zero-order chi connectivity index (χ0) is 15.7. The predicted molar refractivity (Wildman–Crippen MR) is 80.7 cm³/mol. The molecule has 112 valence electrons. The highest BCUT2D eigenvalue weighted by Gasteiger charge is 2.06. The fourth-order valence-electron chi connectivity index (χ4n) is 1.58. The van der Waals surface area contributed by atoms with Gasteiger partial charge in [-0.25, -0.2) is 4.79 Å². The molecule has 0 radical (unpaired) electrons. The van der Waals surface area contributed by atoms with Gasteiger partial charge in [-0.2, -0.15) is 5.26 Å². The summed E-state index contributed by atoms with van der Waals surface area (Å²) in [6, 6.07) is 8.35. The second-order valence-corrected chi connectivity index (χ2v) is 4.70. The number of urea groups is 1. The lowest BCUT2D eigenvalue weighted by Gasteiger charge is -2.12. The summed E-state index contributed by atoms with van der Waals surface area (Å²) in [5, 5.41) is 16.8. The Kier molecular flexibility index (Phi) is 6.75. The third-order valence-electron chi connectivity index (χ3n) is 2.91. The minimum Gasteiger partial charge on any atom is -0.354 e. The normalized spacial score (nSPS) is 11.1. The SMILES string of the molecule is CC[C@@H](C)NC(=O)CCNC(=O)Nc1cccc(C#N)c1. The first kappa shape index (κ1) is 16.5. The molecule has 0 bridgehead atoms. The molecule has 0 aromatic heterocycles. The minimum absolute atomic E-state index is 0.0869. The second-order valence-electron chi connectivity index (χ2n) is 4.70. The van der Waals surface area contributed by atoms with E-state index in [9.17, 15) is 9.59 Å². The van der Waals surface area contributed by atoms with Gasteiger partial charge in [-0.1, -0.05) is 13.0 Å². The molecule has 1 rings (SSSR count). The molecule has 0 saturated heterocycles. The van der Waals surface area contributed by atoms with Gasteiger partial charge in [-0.3, -0.25) is 4.79 Å². The van der Waals surface area contributed by atoms with Crippen molar-refractivity contribution in [1.82, 2.24) is 10.6 Å². The van der Waals surface area contributed by atoms with Gasteiger partial charge in [0.1, 0.15) is 0 Å². The molecule has 6 nitrogen and oxygen atoms in total. The molecule has 3 N–H and O–H groups in total. The summed E-state index contributed by atoms with van der Waals surface area (Å²) < 4.78 is 0. The maximum absolute atomic E-state index is 11.6. The lowest BCUT2D eigenvalue weighted by Crippen LogP contribution is -2.36. The Morgan fingerprint density at radius 1 is 1.38 bits per heavy atom. The summed E-state index contributed by atoms with van der Waals surface area (Å²) in [6.07, 6.45) is 1.10. The zero-order valence-corrected chi connectivity index (χ0v) is 12.3. The number of nitriles is 1. The van der Waals surface area contributed by atoms with Crippen LogP contribution in [0.25, 0.3) is 0 Å². The standard InChI is InChI=1S/C15H20N4O2/c1-3-11(2)18-14(20)7-8-17-15(21)19-13-6-4-5-12(9-13)10-16/h4-6,9,11H,3,7-8H2,1-2H3,(H,18,20)(H2,17,19,21)/t11-/m1/s1. The van der Waals surface area contributed by atoms with E-state index < -0.39 is 6.03 Å². The topological polar surface area (TPSA) is 94.0 Å². The van der Waals surface area contributed by atoms with E-state index in [0.29, 0.717) is 11.3 Å². The van der Waals surface area contributed by atoms with Crippen LogP contribution in [0.15, 0.2) is 24.3 Å². The number of nitrogens with one attached hydrogen (secondary N) is 3. The molecule has 0 aliphatic rings. The first-order valence-electron chi connectivity index (χ1n) is 6.89. The van der Waals surface area contributed by atoms with Gasteiger partial charge in [0.15, 0.2) is 0 Å². The quantitative estimate of drug-likeness (QED) is 0.747. The highest BCUT2D eigenvalue weighted by atomic mass is 16.2. The van der Waals surface area contributed by atoms with Crippen LogP contribution in [0, 0.1) is 11.3 Å². The lowest BCUT2D eigenvalue weighted by molar-refractivity contribution is -0.121. The molecule has 1 aromatic rings. The average molecular weight is 288 g/mol. The number of carbonyl (C=O) groups excluding carboxylic acids is 2. The van der Waals surface area contributed by atoms with Gasteiger partial charge in [0.2, 0.25) is 5.91 Å². The Balaban J connectivity index is 2.31. The monoisotopic (exact) mass is 288 g/mol. The largest absolute Gasteiger partial charge is 0.354 e. The fourth-order valence-corrected chi connectivity index (χ4v) is 1.58. The van der Waals surface area contributed by atoms with Gasteiger partial charge in [-0.05, 0) is 31.5 Å². The van der Waals surface area contributed by atoms with E-state index >= 15 is 0 Å². The maximum Gasteiger partial charge on any atom is 0.319 e. The number of rotatable bonds is 6.